The van der Waals surface area contributed by atoms with E-state index in [-0.39, 0.29) is 18.9 Å². The molecule has 28 heavy (non-hydrogen) atoms. The average Bonchev–Trinajstić information content (AvgIpc) is 2.71. The average molecular weight is 396 g/mol. The van der Waals surface area contributed by atoms with Gasteiger partial charge in [-0.2, -0.15) is 0 Å². The Kier molecular flexibility index (Phi) is 14.3. The van der Waals surface area contributed by atoms with Gasteiger partial charge in [0.05, 0.1) is 77.7 Å². The van der Waals surface area contributed by atoms with Gasteiger partial charge in [0, 0.05) is 17.2 Å². The maximum absolute atomic E-state index is 11.8. The number of hydrogen-bond acceptors (Lipinski definition) is 8. The summed E-state index contributed by atoms with van der Waals surface area (Å²) in [5.74, 6) is -0.171. The van der Waals surface area contributed by atoms with Crippen molar-refractivity contribution in [3.05, 3.63) is 34.5 Å². The van der Waals surface area contributed by atoms with E-state index >= 15 is 0 Å². The van der Waals surface area contributed by atoms with Crippen LogP contribution >= 0.6 is 0 Å². The molecule has 0 aromatic carbocycles. The van der Waals surface area contributed by atoms with Crippen molar-refractivity contribution in [3.8, 4) is 0 Å². The highest BCUT2D eigenvalue weighted by molar-refractivity contribution is 5.90. The maximum atomic E-state index is 11.8. The zero-order valence-electron chi connectivity index (χ0n) is 15.9. The van der Waals surface area contributed by atoms with Crippen molar-refractivity contribution >= 4 is 11.6 Å². The molecule has 0 bridgehead atoms. The van der Waals surface area contributed by atoms with E-state index in [9.17, 15) is 4.79 Å². The van der Waals surface area contributed by atoms with Gasteiger partial charge in [-0.25, -0.2) is 0 Å². The summed E-state index contributed by atoms with van der Waals surface area (Å²) in [6, 6.07) is 3.39. The Bertz CT molecular complexity index is 580. The number of hydrogen-bond donors (Lipinski definition) is 2. The van der Waals surface area contributed by atoms with Crippen molar-refractivity contribution in [2.45, 2.75) is 13.0 Å². The van der Waals surface area contributed by atoms with Crippen molar-refractivity contribution in [1.29, 1.82) is 0 Å². The molecule has 1 amide bonds. The monoisotopic (exact) mass is 396 g/mol. The molecule has 1 aromatic rings. The lowest BCUT2D eigenvalue weighted by Crippen LogP contribution is -2.16. The summed E-state index contributed by atoms with van der Waals surface area (Å²) in [4.78, 5) is 18.6. The number of nitrogens with one attached hydrogen (secondary N) is 1. The second-order valence-electron chi connectivity index (χ2n) is 5.46. The lowest BCUT2D eigenvalue weighted by Gasteiger charge is -2.08. The van der Waals surface area contributed by atoms with Gasteiger partial charge in [0.2, 0.25) is 5.91 Å². The van der Waals surface area contributed by atoms with Gasteiger partial charge < -0.3 is 30.0 Å². The summed E-state index contributed by atoms with van der Waals surface area (Å²) in [5.41, 5.74) is 14.8. The van der Waals surface area contributed by atoms with Crippen LogP contribution in [0.5, 0.6) is 0 Å². The van der Waals surface area contributed by atoms with Crippen LogP contribution in [0.25, 0.3) is 10.4 Å². The second kappa shape index (κ2) is 16.9. The molecule has 0 spiro atoms. The summed E-state index contributed by atoms with van der Waals surface area (Å²) in [7, 11) is 0. The summed E-state index contributed by atoms with van der Waals surface area (Å²) in [5, 5.41) is 6.14. The molecule has 1 rings (SSSR count). The van der Waals surface area contributed by atoms with Crippen LogP contribution in [0.2, 0.25) is 0 Å². The lowest BCUT2D eigenvalue weighted by atomic mass is 10.3. The first kappa shape index (κ1) is 23.8. The minimum absolute atomic E-state index is 0.171. The summed E-state index contributed by atoms with van der Waals surface area (Å²) in [6.07, 6.45) is 1.74. The number of nitrogens with two attached hydrogens (primary N) is 1. The molecule has 0 aliphatic rings. The Labute approximate surface area is 164 Å². The molecule has 0 fully saturated rings. The van der Waals surface area contributed by atoms with Gasteiger partial charge in [-0.3, -0.25) is 9.78 Å². The van der Waals surface area contributed by atoms with E-state index in [1.807, 2.05) is 0 Å². The highest BCUT2D eigenvalue weighted by atomic mass is 16.6. The molecule has 11 heteroatoms. The predicted octanol–water partition coefficient (Wildman–Crippen LogP) is 1.25. The minimum Gasteiger partial charge on any atom is -0.379 e. The number of anilines is 1. The Morgan fingerprint density at radius 3 is 2.18 bits per heavy atom. The fraction of sp³-hybridized carbons (Fsp3) is 0.647. The number of rotatable bonds is 17. The third-order valence-corrected chi connectivity index (χ3v) is 3.26. The van der Waals surface area contributed by atoms with Crippen molar-refractivity contribution in [3.63, 3.8) is 0 Å². The number of azide groups is 1. The lowest BCUT2D eigenvalue weighted by molar-refractivity contribution is -0.117. The molecule has 0 saturated heterocycles. The smallest absolute Gasteiger partial charge is 0.226 e. The Balaban J connectivity index is 1.94. The van der Waals surface area contributed by atoms with Gasteiger partial charge in [0.25, 0.3) is 0 Å². The minimum atomic E-state index is -0.171. The topological polar surface area (TPSA) is 154 Å². The van der Waals surface area contributed by atoms with E-state index in [0.717, 1.165) is 0 Å². The van der Waals surface area contributed by atoms with E-state index < -0.39 is 0 Å². The van der Waals surface area contributed by atoms with Gasteiger partial charge in [-0.1, -0.05) is 5.11 Å². The Hall–Kier alpha value is -2.27. The van der Waals surface area contributed by atoms with Crippen LogP contribution in [0.1, 0.15) is 12.1 Å². The SMILES string of the molecule is [N-]=[N+]=NCc1ccc(NC(=O)CCOCCOCCOCCOCCN)cn1. The van der Waals surface area contributed by atoms with Crippen LogP contribution in [0.15, 0.2) is 23.4 Å². The van der Waals surface area contributed by atoms with Gasteiger partial charge in [0.1, 0.15) is 0 Å². The first-order valence-electron chi connectivity index (χ1n) is 9.03. The Morgan fingerprint density at radius 1 is 1.04 bits per heavy atom. The molecule has 0 radical (unpaired) electrons. The number of carbonyl (C=O) groups is 1. The van der Waals surface area contributed by atoms with Crippen molar-refractivity contribution < 1.29 is 23.7 Å². The highest BCUT2D eigenvalue weighted by Crippen LogP contribution is 2.07. The number of nitrogens with zero attached hydrogens (tertiary/aromatic N) is 4. The Morgan fingerprint density at radius 2 is 1.64 bits per heavy atom. The van der Waals surface area contributed by atoms with Crippen LogP contribution in [-0.4, -0.2) is 70.3 Å². The third kappa shape index (κ3) is 13.0. The number of carbonyl (C=O) groups excluding carboxylic acids is 1. The fourth-order valence-electron chi connectivity index (χ4n) is 1.93. The predicted molar refractivity (Wildman–Crippen MR) is 103 cm³/mol. The molecule has 0 saturated carbocycles. The van der Waals surface area contributed by atoms with Crippen LogP contribution in [-0.2, 0) is 30.3 Å². The first-order valence-corrected chi connectivity index (χ1v) is 9.03. The normalized spacial score (nSPS) is 10.5. The number of ether oxygens (including phenoxy) is 4. The van der Waals surface area contributed by atoms with Crippen molar-refractivity contribution in [2.75, 3.05) is 64.7 Å². The molecular weight excluding hydrogens is 368 g/mol. The molecule has 1 heterocycles. The summed E-state index contributed by atoms with van der Waals surface area (Å²) in [6.45, 7) is 4.37. The highest BCUT2D eigenvalue weighted by Gasteiger charge is 2.03. The van der Waals surface area contributed by atoms with E-state index in [1.54, 1.807) is 12.1 Å². The maximum Gasteiger partial charge on any atom is 0.226 e. The van der Waals surface area contributed by atoms with Crippen LogP contribution in [0.3, 0.4) is 0 Å². The molecule has 3 N–H and O–H groups in total. The molecule has 11 nitrogen and oxygen atoms in total. The third-order valence-electron chi connectivity index (χ3n) is 3.26. The quantitative estimate of drug-likeness (QED) is 0.174. The summed E-state index contributed by atoms with van der Waals surface area (Å²) < 4.78 is 21.2. The van der Waals surface area contributed by atoms with Gasteiger partial charge in [0.15, 0.2) is 0 Å². The molecule has 1 aromatic heterocycles. The van der Waals surface area contributed by atoms with Gasteiger partial charge >= 0.3 is 0 Å². The molecule has 0 unspecified atom stereocenters. The van der Waals surface area contributed by atoms with E-state index in [1.165, 1.54) is 6.20 Å². The van der Waals surface area contributed by atoms with E-state index in [4.69, 9.17) is 30.2 Å². The van der Waals surface area contributed by atoms with Gasteiger partial charge in [-0.15, -0.1) is 0 Å². The first-order chi connectivity index (χ1) is 13.8. The molecular formula is C17H28N6O5. The number of amides is 1. The molecule has 0 aliphatic heterocycles. The van der Waals surface area contributed by atoms with Gasteiger partial charge in [-0.05, 0) is 17.7 Å². The zero-order valence-corrected chi connectivity index (χ0v) is 15.9. The van der Waals surface area contributed by atoms with Crippen molar-refractivity contribution in [2.24, 2.45) is 10.8 Å². The van der Waals surface area contributed by atoms with Crippen molar-refractivity contribution in [1.82, 2.24) is 4.98 Å². The second-order valence-corrected chi connectivity index (χ2v) is 5.46. The van der Waals surface area contributed by atoms with Crippen LogP contribution < -0.4 is 11.1 Å². The number of pyridine rings is 1. The van der Waals surface area contributed by atoms with E-state index in [0.29, 0.717) is 70.8 Å². The van der Waals surface area contributed by atoms with Crippen LogP contribution in [0.4, 0.5) is 5.69 Å². The molecule has 0 atom stereocenters. The fourth-order valence-corrected chi connectivity index (χ4v) is 1.93. The van der Waals surface area contributed by atoms with Crippen LogP contribution in [0, 0.1) is 0 Å². The number of aromatic nitrogens is 1. The molecule has 156 valence electrons. The summed E-state index contributed by atoms with van der Waals surface area (Å²) >= 11 is 0. The largest absolute Gasteiger partial charge is 0.379 e. The van der Waals surface area contributed by atoms with E-state index in [2.05, 4.69) is 20.3 Å². The molecule has 0 aliphatic carbocycles. The zero-order chi connectivity index (χ0) is 20.3. The standard InChI is InChI=1S/C17H28N6O5/c18-4-6-26-8-10-28-12-11-27-9-7-25-5-3-17(24)22-16-2-1-15(20-13-16)14-21-23-19/h1-2,13H,3-12,14,18H2,(H,22,24).